The molecular formula is C22H24ClFN8O2. The average molecular weight is 487 g/mol. The molecule has 34 heavy (non-hydrogen) atoms. The van der Waals surface area contributed by atoms with Gasteiger partial charge >= 0.3 is 0 Å². The second-order valence-corrected chi connectivity index (χ2v) is 8.80. The summed E-state index contributed by atoms with van der Waals surface area (Å²) in [6.07, 6.45) is 4.07. The van der Waals surface area contributed by atoms with Gasteiger partial charge in [0.25, 0.3) is 0 Å². The number of halogens is 2. The van der Waals surface area contributed by atoms with Gasteiger partial charge in [0.1, 0.15) is 11.3 Å². The van der Waals surface area contributed by atoms with Crippen molar-refractivity contribution in [2.45, 2.75) is 44.7 Å². The number of aromatic nitrogens is 4. The lowest BCUT2D eigenvalue weighted by molar-refractivity contribution is -0.122. The molecule has 0 radical (unpaired) electrons. The number of nitrogens with two attached hydrogens (primary N) is 1. The van der Waals surface area contributed by atoms with E-state index in [2.05, 4.69) is 25.6 Å². The SMILES string of the molecule is C[C@@H](CO)Nc1ncc2nc(Nc3c(F)cc(C#N)cc3Cl)n(C3CCC(C(N)=O)CC3)c2n1. The van der Waals surface area contributed by atoms with Gasteiger partial charge in [-0.25, -0.2) is 14.4 Å². The van der Waals surface area contributed by atoms with Crippen molar-refractivity contribution in [3.63, 3.8) is 0 Å². The first-order valence-corrected chi connectivity index (χ1v) is 11.3. The fourth-order valence-corrected chi connectivity index (χ4v) is 4.40. The molecule has 1 atom stereocenters. The Morgan fingerprint density at radius 1 is 1.38 bits per heavy atom. The minimum atomic E-state index is -0.690. The van der Waals surface area contributed by atoms with Crippen LogP contribution in [0, 0.1) is 23.1 Å². The van der Waals surface area contributed by atoms with Crippen LogP contribution in [0.3, 0.4) is 0 Å². The van der Waals surface area contributed by atoms with E-state index >= 15 is 0 Å². The maximum absolute atomic E-state index is 14.8. The first-order valence-electron chi connectivity index (χ1n) is 10.9. The number of imidazole rings is 1. The van der Waals surface area contributed by atoms with Gasteiger partial charge in [0, 0.05) is 18.0 Å². The molecule has 0 saturated heterocycles. The van der Waals surface area contributed by atoms with Crippen molar-refractivity contribution in [1.82, 2.24) is 19.5 Å². The molecule has 0 unspecified atom stereocenters. The molecule has 1 aliphatic rings. The number of hydrogen-bond acceptors (Lipinski definition) is 8. The second kappa shape index (κ2) is 9.79. The Hall–Kier alpha value is -3.49. The Morgan fingerprint density at radius 2 is 2.12 bits per heavy atom. The molecule has 1 saturated carbocycles. The van der Waals surface area contributed by atoms with Crippen molar-refractivity contribution in [3.8, 4) is 6.07 Å². The number of nitriles is 1. The molecule has 2 heterocycles. The highest BCUT2D eigenvalue weighted by Gasteiger charge is 2.29. The molecule has 0 aliphatic heterocycles. The van der Waals surface area contributed by atoms with E-state index in [9.17, 15) is 14.3 Å². The van der Waals surface area contributed by atoms with Crippen LogP contribution in [0.5, 0.6) is 0 Å². The first kappa shape index (κ1) is 23.7. The normalized spacial score (nSPS) is 18.9. The molecule has 1 aliphatic carbocycles. The largest absolute Gasteiger partial charge is 0.394 e. The Bertz CT molecular complexity index is 1240. The van der Waals surface area contributed by atoms with Gasteiger partial charge in [0.05, 0.1) is 35.1 Å². The van der Waals surface area contributed by atoms with Gasteiger partial charge in [-0.15, -0.1) is 0 Å². The van der Waals surface area contributed by atoms with Crippen molar-refractivity contribution in [2.24, 2.45) is 11.7 Å². The number of benzene rings is 1. The molecule has 1 amide bonds. The molecule has 4 rings (SSSR count). The van der Waals surface area contributed by atoms with Crippen LogP contribution < -0.4 is 16.4 Å². The summed E-state index contributed by atoms with van der Waals surface area (Å²) in [5.41, 5.74) is 6.57. The second-order valence-electron chi connectivity index (χ2n) is 8.40. The maximum atomic E-state index is 14.8. The zero-order valence-electron chi connectivity index (χ0n) is 18.4. The van der Waals surface area contributed by atoms with E-state index in [-0.39, 0.29) is 46.8 Å². The van der Waals surface area contributed by atoms with Gasteiger partial charge in [-0.1, -0.05) is 11.6 Å². The maximum Gasteiger partial charge on any atom is 0.225 e. The van der Waals surface area contributed by atoms with Crippen LogP contribution in [0.2, 0.25) is 5.02 Å². The highest BCUT2D eigenvalue weighted by Crippen LogP contribution is 2.38. The number of amides is 1. The summed E-state index contributed by atoms with van der Waals surface area (Å²) >= 11 is 6.25. The zero-order valence-corrected chi connectivity index (χ0v) is 19.2. The molecule has 1 aromatic carbocycles. The van der Waals surface area contributed by atoms with E-state index in [1.54, 1.807) is 13.1 Å². The lowest BCUT2D eigenvalue weighted by Crippen LogP contribution is -2.29. The van der Waals surface area contributed by atoms with Crippen molar-refractivity contribution >= 4 is 46.3 Å². The predicted octanol–water partition coefficient (Wildman–Crippen LogP) is 3.24. The van der Waals surface area contributed by atoms with Crippen LogP contribution in [0.15, 0.2) is 18.3 Å². The number of primary amides is 1. The van der Waals surface area contributed by atoms with E-state index in [4.69, 9.17) is 22.6 Å². The summed E-state index contributed by atoms with van der Waals surface area (Å²) in [5, 5.41) is 24.4. The quantitative estimate of drug-likeness (QED) is 0.396. The molecule has 10 nitrogen and oxygen atoms in total. The zero-order chi connectivity index (χ0) is 24.4. The number of nitrogens with zero attached hydrogens (tertiary/aromatic N) is 5. The van der Waals surface area contributed by atoms with Gasteiger partial charge in [-0.2, -0.15) is 10.2 Å². The number of rotatable bonds is 7. The fourth-order valence-electron chi connectivity index (χ4n) is 4.15. The number of anilines is 3. The number of aliphatic hydroxyl groups is 1. The van der Waals surface area contributed by atoms with Crippen LogP contribution in [0.25, 0.3) is 11.2 Å². The highest BCUT2D eigenvalue weighted by molar-refractivity contribution is 6.33. The van der Waals surface area contributed by atoms with E-state index in [0.717, 1.165) is 6.07 Å². The van der Waals surface area contributed by atoms with Crippen molar-refractivity contribution in [1.29, 1.82) is 5.26 Å². The van der Waals surface area contributed by atoms with E-state index in [1.165, 1.54) is 6.07 Å². The van der Waals surface area contributed by atoms with Crippen LogP contribution in [0.4, 0.5) is 22.0 Å². The number of fused-ring (bicyclic) bond motifs is 1. The van der Waals surface area contributed by atoms with Crippen molar-refractivity contribution < 1.29 is 14.3 Å². The third kappa shape index (κ3) is 4.73. The van der Waals surface area contributed by atoms with E-state index in [0.29, 0.717) is 48.7 Å². The summed E-state index contributed by atoms with van der Waals surface area (Å²) in [5.74, 6) is -0.569. The van der Waals surface area contributed by atoms with Crippen LogP contribution in [-0.2, 0) is 4.79 Å². The van der Waals surface area contributed by atoms with E-state index in [1.807, 2.05) is 10.6 Å². The fraction of sp³-hybridized carbons (Fsp3) is 0.409. The van der Waals surface area contributed by atoms with Gasteiger partial charge < -0.3 is 21.5 Å². The Balaban J connectivity index is 1.77. The van der Waals surface area contributed by atoms with Gasteiger partial charge in [-0.05, 0) is 44.7 Å². The van der Waals surface area contributed by atoms with Gasteiger partial charge in [-0.3, -0.25) is 9.36 Å². The topological polar surface area (TPSA) is 155 Å². The molecule has 0 bridgehead atoms. The summed E-state index contributed by atoms with van der Waals surface area (Å²) in [7, 11) is 0. The minimum absolute atomic E-state index is 0.0109. The number of aliphatic hydroxyl groups excluding tert-OH is 1. The van der Waals surface area contributed by atoms with Crippen molar-refractivity contribution in [3.05, 3.63) is 34.7 Å². The molecule has 5 N–H and O–H groups in total. The number of carbonyl (C=O) groups is 1. The molecule has 178 valence electrons. The summed E-state index contributed by atoms with van der Waals surface area (Å²) in [4.78, 5) is 25.1. The Labute approximate surface area is 200 Å². The standard InChI is InChI=1S/C22H24ClFN8O2/c1-11(10-33)28-21-27-9-17-20(31-21)32(14-4-2-13(3-5-14)19(26)34)22(29-17)30-18-15(23)6-12(8-25)7-16(18)24/h6-7,9,11,13-14,33H,2-5,10H2,1H3,(H2,26,34)(H,29,30)(H,27,28,31)/t11-,13?,14?/m0/s1. The summed E-state index contributed by atoms with van der Waals surface area (Å²) in [6, 6.07) is 3.99. The summed E-state index contributed by atoms with van der Waals surface area (Å²) < 4.78 is 16.6. The third-order valence-electron chi connectivity index (χ3n) is 5.95. The van der Waals surface area contributed by atoms with Crippen LogP contribution >= 0.6 is 11.6 Å². The number of hydrogen-bond donors (Lipinski definition) is 4. The smallest absolute Gasteiger partial charge is 0.225 e. The number of carbonyl (C=O) groups excluding carboxylic acids is 1. The lowest BCUT2D eigenvalue weighted by Gasteiger charge is -2.29. The molecule has 3 aromatic rings. The third-order valence-corrected chi connectivity index (χ3v) is 6.25. The minimum Gasteiger partial charge on any atom is -0.394 e. The van der Waals surface area contributed by atoms with Crippen LogP contribution in [0.1, 0.15) is 44.2 Å². The Kier molecular flexibility index (Phi) is 6.81. The molecule has 12 heteroatoms. The molecular weight excluding hydrogens is 463 g/mol. The van der Waals surface area contributed by atoms with Crippen LogP contribution in [-0.4, -0.2) is 43.2 Å². The van der Waals surface area contributed by atoms with Gasteiger partial charge in [0.2, 0.25) is 17.8 Å². The molecule has 1 fully saturated rings. The average Bonchev–Trinajstić information content (AvgIpc) is 3.18. The Morgan fingerprint density at radius 3 is 2.74 bits per heavy atom. The highest BCUT2D eigenvalue weighted by atomic mass is 35.5. The molecule has 0 spiro atoms. The van der Waals surface area contributed by atoms with E-state index < -0.39 is 5.82 Å². The predicted molar refractivity (Wildman–Crippen MR) is 125 cm³/mol. The van der Waals surface area contributed by atoms with Gasteiger partial charge in [0.15, 0.2) is 5.65 Å². The molecule has 2 aromatic heterocycles. The number of nitrogens with one attached hydrogen (secondary N) is 2. The van der Waals surface area contributed by atoms with Crippen molar-refractivity contribution in [2.75, 3.05) is 17.2 Å². The monoisotopic (exact) mass is 486 g/mol. The summed E-state index contributed by atoms with van der Waals surface area (Å²) in [6.45, 7) is 1.69. The lowest BCUT2D eigenvalue weighted by atomic mass is 9.85. The first-order chi connectivity index (χ1) is 16.3.